The summed E-state index contributed by atoms with van der Waals surface area (Å²) in [5, 5.41) is 6.19. The lowest BCUT2D eigenvalue weighted by molar-refractivity contribution is -0.112. The highest BCUT2D eigenvalue weighted by Gasteiger charge is 2.41. The largest absolute Gasteiger partial charge is 0.344 e. The molecule has 5 heteroatoms. The quantitative estimate of drug-likeness (QED) is 0.469. The molecule has 0 aliphatic carbocycles. The predicted octanol–water partition coefficient (Wildman–Crippen LogP) is 6.79. The van der Waals surface area contributed by atoms with Crippen LogP contribution in [-0.2, 0) is 10.2 Å². The van der Waals surface area contributed by atoms with Crippen LogP contribution in [-0.4, -0.2) is 12.5 Å². The molecule has 1 aliphatic heterocycles. The van der Waals surface area contributed by atoms with E-state index in [2.05, 4.69) is 67.4 Å². The summed E-state index contributed by atoms with van der Waals surface area (Å²) < 4.78 is 0. The molecule has 0 bridgehead atoms. The maximum atomic E-state index is 12.8. The van der Waals surface area contributed by atoms with Crippen molar-refractivity contribution in [1.82, 2.24) is 0 Å². The lowest BCUT2D eigenvalue weighted by Gasteiger charge is -2.26. The van der Waals surface area contributed by atoms with Gasteiger partial charge in [0.1, 0.15) is 0 Å². The lowest BCUT2D eigenvalue weighted by atomic mass is 9.81. The van der Waals surface area contributed by atoms with Gasteiger partial charge in [-0.15, -0.1) is 0 Å². The molecule has 3 aromatic carbocycles. The fourth-order valence-electron chi connectivity index (χ4n) is 4.21. The first-order valence-corrected chi connectivity index (χ1v) is 10.4. The van der Waals surface area contributed by atoms with E-state index in [0.717, 1.165) is 17.9 Å². The van der Waals surface area contributed by atoms with Crippen molar-refractivity contribution in [2.75, 3.05) is 16.8 Å². The second-order valence-corrected chi connectivity index (χ2v) is 8.51. The second-order valence-electron chi connectivity index (χ2n) is 7.70. The molecule has 29 heavy (non-hydrogen) atoms. The number of fused-ring (bicyclic) bond motifs is 3. The minimum Gasteiger partial charge on any atom is -0.344 e. The second kappa shape index (κ2) is 7.40. The summed E-state index contributed by atoms with van der Waals surface area (Å²) >= 11 is 12.0. The molecule has 1 amide bonds. The molecule has 0 radical (unpaired) electrons. The number of hydrogen-bond donors (Lipinski definition) is 1. The zero-order valence-corrected chi connectivity index (χ0v) is 18.1. The summed E-state index contributed by atoms with van der Waals surface area (Å²) in [5.41, 5.74) is 3.70. The van der Waals surface area contributed by atoms with Crippen LogP contribution in [0.5, 0.6) is 0 Å². The molecular weight excluding hydrogens is 403 g/mol. The number of amides is 1. The Hall–Kier alpha value is -2.49. The molecule has 0 fully saturated rings. The maximum Gasteiger partial charge on any atom is 0.250 e. The van der Waals surface area contributed by atoms with Gasteiger partial charge in [-0.1, -0.05) is 67.4 Å². The SMILES string of the molecule is CCN1/C(=C/C(=O)Nc2ccc(Cl)c(Cl)c2)C(C)(C)c2c1ccc1ccccc21. The molecule has 0 saturated heterocycles. The summed E-state index contributed by atoms with van der Waals surface area (Å²) in [6.07, 6.45) is 1.70. The number of likely N-dealkylation sites (N-methyl/N-ethyl adjacent to an activating group) is 1. The summed E-state index contributed by atoms with van der Waals surface area (Å²) in [5.74, 6) is -0.193. The Kier molecular flexibility index (Phi) is 5.05. The fraction of sp³-hybridized carbons (Fsp3) is 0.208. The van der Waals surface area contributed by atoms with Crippen LogP contribution in [0.15, 0.2) is 66.4 Å². The van der Waals surface area contributed by atoms with Crippen LogP contribution in [0.25, 0.3) is 10.8 Å². The first-order chi connectivity index (χ1) is 13.8. The zero-order chi connectivity index (χ0) is 20.8. The standard InChI is InChI=1S/C24H22Cl2N2O/c1-4-28-20-12-9-15-7-5-6-8-17(15)23(20)24(2,3)21(28)14-22(29)27-16-10-11-18(25)19(26)13-16/h5-14H,4H2,1-3H3,(H,27,29)/b21-14+. The van der Waals surface area contributed by atoms with Crippen LogP contribution in [0.4, 0.5) is 11.4 Å². The molecule has 0 aromatic heterocycles. The summed E-state index contributed by atoms with van der Waals surface area (Å²) in [6, 6.07) is 17.8. The van der Waals surface area contributed by atoms with E-state index in [1.807, 2.05) is 0 Å². The Morgan fingerprint density at radius 1 is 1.07 bits per heavy atom. The Balaban J connectivity index is 1.75. The van der Waals surface area contributed by atoms with Gasteiger partial charge in [-0.3, -0.25) is 4.79 Å². The van der Waals surface area contributed by atoms with Crippen LogP contribution in [0.3, 0.4) is 0 Å². The summed E-state index contributed by atoms with van der Waals surface area (Å²) in [4.78, 5) is 15.1. The zero-order valence-electron chi connectivity index (χ0n) is 16.6. The molecule has 0 unspecified atom stereocenters. The third-order valence-electron chi connectivity index (χ3n) is 5.53. The van der Waals surface area contributed by atoms with Crippen molar-refractivity contribution >= 4 is 51.3 Å². The van der Waals surface area contributed by atoms with Gasteiger partial charge >= 0.3 is 0 Å². The molecule has 0 spiro atoms. The van der Waals surface area contributed by atoms with Gasteiger partial charge in [0.15, 0.2) is 0 Å². The molecule has 1 heterocycles. The number of nitrogens with zero attached hydrogens (tertiary/aromatic N) is 1. The molecule has 0 saturated carbocycles. The van der Waals surface area contributed by atoms with Gasteiger partial charge in [0.25, 0.3) is 0 Å². The van der Waals surface area contributed by atoms with Crippen molar-refractivity contribution in [3.05, 3.63) is 82.0 Å². The molecule has 3 aromatic rings. The third kappa shape index (κ3) is 3.39. The van der Waals surface area contributed by atoms with E-state index in [4.69, 9.17) is 23.2 Å². The van der Waals surface area contributed by atoms with Crippen molar-refractivity contribution in [3.8, 4) is 0 Å². The van der Waals surface area contributed by atoms with Crippen LogP contribution in [0.1, 0.15) is 26.3 Å². The van der Waals surface area contributed by atoms with Gasteiger partial charge in [0.05, 0.1) is 10.0 Å². The molecule has 4 rings (SSSR count). The predicted molar refractivity (Wildman–Crippen MR) is 123 cm³/mol. The monoisotopic (exact) mass is 424 g/mol. The van der Waals surface area contributed by atoms with Crippen molar-refractivity contribution in [2.24, 2.45) is 0 Å². The van der Waals surface area contributed by atoms with E-state index in [-0.39, 0.29) is 11.3 Å². The van der Waals surface area contributed by atoms with Gasteiger partial charge in [-0.05, 0) is 47.5 Å². The molecule has 1 N–H and O–H groups in total. The van der Waals surface area contributed by atoms with Crippen molar-refractivity contribution in [2.45, 2.75) is 26.2 Å². The number of anilines is 2. The van der Waals surface area contributed by atoms with Gasteiger partial charge in [0, 0.05) is 35.1 Å². The number of benzene rings is 3. The Labute approximate surface area is 180 Å². The topological polar surface area (TPSA) is 32.3 Å². The number of allylic oxidation sites excluding steroid dienone is 1. The molecule has 0 atom stereocenters. The average Bonchev–Trinajstić information content (AvgIpc) is 2.91. The maximum absolute atomic E-state index is 12.8. The van der Waals surface area contributed by atoms with E-state index in [1.54, 1.807) is 24.3 Å². The van der Waals surface area contributed by atoms with E-state index in [0.29, 0.717) is 15.7 Å². The van der Waals surface area contributed by atoms with Gasteiger partial charge in [0.2, 0.25) is 5.91 Å². The summed E-state index contributed by atoms with van der Waals surface area (Å²) in [6.45, 7) is 7.23. The minimum atomic E-state index is -0.304. The molecule has 148 valence electrons. The molecule has 3 nitrogen and oxygen atoms in total. The van der Waals surface area contributed by atoms with Gasteiger partial charge in [-0.2, -0.15) is 0 Å². The Morgan fingerprint density at radius 2 is 1.83 bits per heavy atom. The van der Waals surface area contributed by atoms with Gasteiger partial charge < -0.3 is 10.2 Å². The minimum absolute atomic E-state index is 0.193. The van der Waals surface area contributed by atoms with Crippen molar-refractivity contribution in [1.29, 1.82) is 0 Å². The van der Waals surface area contributed by atoms with E-state index < -0.39 is 0 Å². The van der Waals surface area contributed by atoms with E-state index in [9.17, 15) is 4.79 Å². The first-order valence-electron chi connectivity index (χ1n) is 9.61. The third-order valence-corrected chi connectivity index (χ3v) is 6.26. The average molecular weight is 425 g/mol. The highest BCUT2D eigenvalue weighted by Crippen LogP contribution is 2.50. The van der Waals surface area contributed by atoms with Crippen LogP contribution >= 0.6 is 23.2 Å². The normalized spacial score (nSPS) is 16.3. The molecule has 1 aliphatic rings. The number of carbonyl (C=O) groups is 1. The number of nitrogens with one attached hydrogen (secondary N) is 1. The van der Waals surface area contributed by atoms with E-state index in [1.165, 1.54) is 16.3 Å². The Bertz CT molecular complexity index is 1150. The number of carbonyl (C=O) groups excluding carboxylic acids is 1. The van der Waals surface area contributed by atoms with Crippen LogP contribution < -0.4 is 10.2 Å². The number of rotatable bonds is 3. The summed E-state index contributed by atoms with van der Waals surface area (Å²) in [7, 11) is 0. The fourth-order valence-corrected chi connectivity index (χ4v) is 4.51. The highest BCUT2D eigenvalue weighted by molar-refractivity contribution is 6.42. The first kappa shape index (κ1) is 19.8. The highest BCUT2D eigenvalue weighted by atomic mass is 35.5. The van der Waals surface area contributed by atoms with Crippen molar-refractivity contribution < 1.29 is 4.79 Å². The molecular formula is C24H22Cl2N2O. The van der Waals surface area contributed by atoms with E-state index >= 15 is 0 Å². The van der Waals surface area contributed by atoms with Crippen LogP contribution in [0.2, 0.25) is 10.0 Å². The van der Waals surface area contributed by atoms with Gasteiger partial charge in [-0.25, -0.2) is 0 Å². The smallest absolute Gasteiger partial charge is 0.250 e. The number of halogens is 2. The van der Waals surface area contributed by atoms with Crippen molar-refractivity contribution in [3.63, 3.8) is 0 Å². The lowest BCUT2D eigenvalue weighted by Crippen LogP contribution is -2.28. The number of hydrogen-bond acceptors (Lipinski definition) is 2. The van der Waals surface area contributed by atoms with Crippen LogP contribution in [0, 0.1) is 0 Å². The Morgan fingerprint density at radius 3 is 2.55 bits per heavy atom.